The molecule has 4 rings (SSSR count). The van der Waals surface area contributed by atoms with Gasteiger partial charge in [0.2, 0.25) is 5.13 Å². The number of aryl methyl sites for hydroxylation is 1. The number of aromatic nitrogens is 4. The molecule has 0 saturated heterocycles. The maximum Gasteiger partial charge on any atom is 0.280 e. The summed E-state index contributed by atoms with van der Waals surface area (Å²) in [6.45, 7) is 6.18. The third kappa shape index (κ3) is 4.22. The van der Waals surface area contributed by atoms with Gasteiger partial charge < -0.3 is 0 Å². The molecule has 0 aliphatic heterocycles. The Hall–Kier alpha value is -3.65. The lowest BCUT2D eigenvalue weighted by molar-refractivity contribution is 0.102. The molecule has 0 fully saturated rings. The maximum atomic E-state index is 13.4. The molecule has 0 bridgehead atoms. The minimum Gasteiger partial charge on any atom is -0.296 e. The molecule has 1 N–H and O–H groups in total. The van der Waals surface area contributed by atoms with Gasteiger partial charge in [-0.05, 0) is 12.5 Å². The zero-order valence-corrected chi connectivity index (χ0v) is 18.9. The molecule has 0 radical (unpaired) electrons. The second kappa shape index (κ2) is 9.23. The molecular weight excluding hydrogens is 422 g/mol. The lowest BCUT2D eigenvalue weighted by Gasteiger charge is -2.16. The summed E-state index contributed by atoms with van der Waals surface area (Å²) in [5.41, 5.74) is 2.22. The second-order valence-electron chi connectivity index (χ2n) is 7.51. The minimum absolute atomic E-state index is 0.0354. The van der Waals surface area contributed by atoms with Crippen LogP contribution >= 0.6 is 11.3 Å². The largest absolute Gasteiger partial charge is 0.296 e. The molecule has 0 spiro atoms. The summed E-state index contributed by atoms with van der Waals surface area (Å²) >= 11 is 1.30. The van der Waals surface area contributed by atoms with Crippen molar-refractivity contribution in [3.8, 4) is 22.4 Å². The average Bonchev–Trinajstić information content (AvgIpc) is 3.28. The van der Waals surface area contributed by atoms with Crippen LogP contribution in [-0.4, -0.2) is 25.9 Å². The van der Waals surface area contributed by atoms with Crippen molar-refractivity contribution < 1.29 is 4.79 Å². The Morgan fingerprint density at radius 1 is 1.00 bits per heavy atom. The molecule has 7 nitrogen and oxygen atoms in total. The fourth-order valence-electron chi connectivity index (χ4n) is 3.36. The van der Waals surface area contributed by atoms with Crippen molar-refractivity contribution in [3.63, 3.8) is 0 Å². The van der Waals surface area contributed by atoms with Gasteiger partial charge in [-0.25, -0.2) is 4.68 Å². The molecule has 2 aromatic carbocycles. The smallest absolute Gasteiger partial charge is 0.280 e. The summed E-state index contributed by atoms with van der Waals surface area (Å²) in [5.74, 6) is -0.331. The van der Waals surface area contributed by atoms with E-state index in [1.807, 2.05) is 81.4 Å². The number of hydrogen-bond acceptors (Lipinski definition) is 6. The molecule has 2 heterocycles. The van der Waals surface area contributed by atoms with Crippen molar-refractivity contribution in [3.05, 3.63) is 81.6 Å². The van der Waals surface area contributed by atoms with Crippen molar-refractivity contribution in [2.45, 2.75) is 33.2 Å². The molecule has 0 saturated carbocycles. The second-order valence-corrected chi connectivity index (χ2v) is 8.51. The third-order valence-corrected chi connectivity index (χ3v) is 6.09. The van der Waals surface area contributed by atoms with Crippen LogP contribution < -0.4 is 10.9 Å². The lowest BCUT2D eigenvalue weighted by Crippen LogP contribution is -2.32. The van der Waals surface area contributed by atoms with E-state index in [0.29, 0.717) is 22.9 Å². The molecule has 1 amide bonds. The van der Waals surface area contributed by atoms with Crippen LogP contribution in [0.2, 0.25) is 0 Å². The number of carbonyl (C=O) groups excluding carboxylic acids is 1. The van der Waals surface area contributed by atoms with E-state index in [1.165, 1.54) is 16.0 Å². The van der Waals surface area contributed by atoms with Crippen LogP contribution in [0.25, 0.3) is 22.4 Å². The molecule has 0 aliphatic carbocycles. The Labute approximate surface area is 189 Å². The summed E-state index contributed by atoms with van der Waals surface area (Å²) < 4.78 is 1.32. The Balaban J connectivity index is 1.93. The van der Waals surface area contributed by atoms with Gasteiger partial charge in [0.15, 0.2) is 0 Å². The van der Waals surface area contributed by atoms with Crippen LogP contribution in [0, 0.1) is 0 Å². The summed E-state index contributed by atoms with van der Waals surface area (Å²) in [4.78, 5) is 26.8. The van der Waals surface area contributed by atoms with Crippen molar-refractivity contribution in [2.24, 2.45) is 0 Å². The van der Waals surface area contributed by atoms with E-state index in [2.05, 4.69) is 20.6 Å². The van der Waals surface area contributed by atoms with Crippen molar-refractivity contribution >= 4 is 22.4 Å². The van der Waals surface area contributed by atoms with Crippen LogP contribution in [0.1, 0.15) is 42.1 Å². The zero-order valence-electron chi connectivity index (χ0n) is 18.1. The Morgan fingerprint density at radius 3 is 2.19 bits per heavy atom. The molecule has 4 aromatic rings. The highest BCUT2D eigenvalue weighted by Crippen LogP contribution is 2.32. The van der Waals surface area contributed by atoms with Crippen molar-refractivity contribution in [2.75, 3.05) is 5.32 Å². The molecule has 0 aliphatic rings. The third-order valence-electron chi connectivity index (χ3n) is 4.95. The first-order valence-electron chi connectivity index (χ1n) is 10.4. The lowest BCUT2D eigenvalue weighted by atomic mass is 9.95. The van der Waals surface area contributed by atoms with Gasteiger partial charge >= 0.3 is 0 Å². The first-order valence-corrected chi connectivity index (χ1v) is 11.2. The Bertz CT molecular complexity index is 1300. The van der Waals surface area contributed by atoms with Gasteiger partial charge in [0.25, 0.3) is 11.5 Å². The fraction of sp³-hybridized carbons (Fsp3) is 0.208. The normalized spacial score (nSPS) is 11.0. The number of amides is 1. The average molecular weight is 446 g/mol. The predicted octanol–water partition coefficient (Wildman–Crippen LogP) is 4.82. The van der Waals surface area contributed by atoms with Gasteiger partial charge in [-0.2, -0.15) is 5.10 Å². The van der Waals surface area contributed by atoms with Gasteiger partial charge in [-0.15, -0.1) is 10.2 Å². The predicted molar refractivity (Wildman–Crippen MR) is 127 cm³/mol. The van der Waals surface area contributed by atoms with Gasteiger partial charge in [0.05, 0.1) is 5.69 Å². The number of carbonyl (C=O) groups is 1. The van der Waals surface area contributed by atoms with Gasteiger partial charge in [0, 0.05) is 23.6 Å². The fourth-order valence-corrected chi connectivity index (χ4v) is 4.10. The SMILES string of the molecule is CCn1nc(-c2ccccc2)c(-c2ccccc2)c(C(=O)Nc2nnc(C(C)C)s2)c1=O. The van der Waals surface area contributed by atoms with Crippen LogP contribution in [0.4, 0.5) is 5.13 Å². The summed E-state index contributed by atoms with van der Waals surface area (Å²) in [6.07, 6.45) is 0. The first-order chi connectivity index (χ1) is 15.5. The highest BCUT2D eigenvalue weighted by Gasteiger charge is 2.25. The van der Waals surface area contributed by atoms with Gasteiger partial charge in [-0.1, -0.05) is 85.8 Å². The molecule has 0 unspecified atom stereocenters. The number of anilines is 1. The number of nitrogens with zero attached hydrogens (tertiary/aromatic N) is 4. The van der Waals surface area contributed by atoms with Crippen LogP contribution in [0.3, 0.4) is 0 Å². The van der Waals surface area contributed by atoms with Crippen LogP contribution in [0.15, 0.2) is 65.5 Å². The summed E-state index contributed by atoms with van der Waals surface area (Å²) in [7, 11) is 0. The highest BCUT2D eigenvalue weighted by molar-refractivity contribution is 7.15. The molecular formula is C24H23N5O2S. The number of benzene rings is 2. The van der Waals surface area contributed by atoms with Crippen LogP contribution in [-0.2, 0) is 6.54 Å². The number of rotatable bonds is 6. The van der Waals surface area contributed by atoms with E-state index >= 15 is 0 Å². The molecule has 2 aromatic heterocycles. The Morgan fingerprint density at radius 2 is 1.62 bits per heavy atom. The molecule has 32 heavy (non-hydrogen) atoms. The number of nitrogens with one attached hydrogen (secondary N) is 1. The summed E-state index contributed by atoms with van der Waals surface area (Å²) in [5, 5.41) is 16.8. The zero-order chi connectivity index (χ0) is 22.7. The van der Waals surface area contributed by atoms with Gasteiger partial charge in [0.1, 0.15) is 10.6 Å². The van der Waals surface area contributed by atoms with E-state index in [-0.39, 0.29) is 11.5 Å². The highest BCUT2D eigenvalue weighted by atomic mass is 32.1. The standard InChI is InChI=1S/C24H23N5O2S/c1-4-29-23(31)19(21(30)25-24-27-26-22(32-24)15(2)3)18(16-11-7-5-8-12-16)20(28-29)17-13-9-6-10-14-17/h5-15H,4H2,1-3H3,(H,25,27,30). The molecule has 162 valence electrons. The minimum atomic E-state index is -0.526. The maximum absolute atomic E-state index is 13.4. The quantitative estimate of drug-likeness (QED) is 0.459. The first kappa shape index (κ1) is 21.6. The van der Waals surface area contributed by atoms with Crippen molar-refractivity contribution in [1.82, 2.24) is 20.0 Å². The monoisotopic (exact) mass is 445 g/mol. The van der Waals surface area contributed by atoms with E-state index in [9.17, 15) is 9.59 Å². The van der Waals surface area contributed by atoms with Crippen LogP contribution in [0.5, 0.6) is 0 Å². The number of hydrogen-bond donors (Lipinski definition) is 1. The summed E-state index contributed by atoms with van der Waals surface area (Å²) in [6, 6.07) is 18.9. The van der Waals surface area contributed by atoms with E-state index in [1.54, 1.807) is 0 Å². The molecule has 0 atom stereocenters. The van der Waals surface area contributed by atoms with E-state index in [4.69, 9.17) is 0 Å². The molecule has 8 heteroatoms. The topological polar surface area (TPSA) is 89.8 Å². The van der Waals surface area contributed by atoms with E-state index < -0.39 is 11.5 Å². The van der Waals surface area contributed by atoms with Crippen molar-refractivity contribution in [1.29, 1.82) is 0 Å². The van der Waals surface area contributed by atoms with E-state index in [0.717, 1.165) is 16.1 Å². The van der Waals surface area contributed by atoms with Gasteiger partial charge in [-0.3, -0.25) is 14.9 Å². The Kier molecular flexibility index (Phi) is 6.23.